The van der Waals surface area contributed by atoms with Crippen molar-refractivity contribution in [1.82, 2.24) is 4.90 Å². The molecular weight excluding hydrogens is 226 g/mol. The molecule has 4 heteroatoms. The van der Waals surface area contributed by atoms with Crippen LogP contribution in [0, 0.1) is 0 Å². The normalized spacial score (nSPS) is 37.5. The van der Waals surface area contributed by atoms with Crippen LogP contribution in [0.5, 0.6) is 0 Å². The second-order valence-electron chi connectivity index (χ2n) is 6.06. The van der Waals surface area contributed by atoms with Crippen molar-refractivity contribution in [3.63, 3.8) is 0 Å². The molecule has 1 spiro atoms. The van der Waals surface area contributed by atoms with Crippen molar-refractivity contribution in [3.8, 4) is 0 Å². The minimum Gasteiger partial charge on any atom is -0.378 e. The predicted octanol–water partition coefficient (Wildman–Crippen LogP) is 1.89. The van der Waals surface area contributed by atoms with Crippen LogP contribution < -0.4 is 5.73 Å². The Morgan fingerprint density at radius 2 is 2.22 bits per heavy atom. The summed E-state index contributed by atoms with van der Waals surface area (Å²) < 4.78 is 5.84. The van der Waals surface area contributed by atoms with Crippen molar-refractivity contribution in [1.29, 1.82) is 0 Å². The third-order valence-corrected chi connectivity index (χ3v) is 4.97. The molecule has 0 amide bonds. The number of nitrogens with zero attached hydrogens (tertiary/aromatic N) is 2. The van der Waals surface area contributed by atoms with Crippen molar-refractivity contribution < 1.29 is 4.74 Å². The average molecular weight is 251 g/mol. The van der Waals surface area contributed by atoms with Crippen LogP contribution in [0.3, 0.4) is 0 Å². The Kier molecular flexibility index (Phi) is 3.22. The first kappa shape index (κ1) is 12.3. The predicted molar refractivity (Wildman–Crippen MR) is 72.6 cm³/mol. The van der Waals surface area contributed by atoms with Gasteiger partial charge in [-0.2, -0.15) is 0 Å². The van der Waals surface area contributed by atoms with E-state index in [-0.39, 0.29) is 5.54 Å². The van der Waals surface area contributed by atoms with Crippen LogP contribution in [-0.4, -0.2) is 41.7 Å². The van der Waals surface area contributed by atoms with Crippen molar-refractivity contribution in [3.05, 3.63) is 0 Å². The second-order valence-corrected chi connectivity index (χ2v) is 6.06. The number of hydrogen-bond donors (Lipinski definition) is 1. The molecule has 4 nitrogen and oxygen atoms in total. The van der Waals surface area contributed by atoms with E-state index in [1.54, 1.807) is 0 Å². The molecule has 0 aromatic carbocycles. The Morgan fingerprint density at radius 3 is 2.94 bits per heavy atom. The SMILES string of the molecule is CCC1CC2(CCO1)CN=C(N)N2C1CCCC1. The van der Waals surface area contributed by atoms with Crippen molar-refractivity contribution in [2.24, 2.45) is 10.7 Å². The van der Waals surface area contributed by atoms with Crippen LogP contribution in [0.4, 0.5) is 0 Å². The highest BCUT2D eigenvalue weighted by Gasteiger charge is 2.48. The van der Waals surface area contributed by atoms with E-state index >= 15 is 0 Å². The molecule has 18 heavy (non-hydrogen) atoms. The maximum atomic E-state index is 6.19. The molecule has 2 N–H and O–H groups in total. The summed E-state index contributed by atoms with van der Waals surface area (Å²) in [6, 6.07) is 0.631. The van der Waals surface area contributed by atoms with Gasteiger partial charge in [0.15, 0.2) is 5.96 Å². The highest BCUT2D eigenvalue weighted by Crippen LogP contribution is 2.40. The zero-order valence-electron chi connectivity index (χ0n) is 11.4. The van der Waals surface area contributed by atoms with Gasteiger partial charge in [0, 0.05) is 12.6 Å². The van der Waals surface area contributed by atoms with E-state index in [2.05, 4.69) is 16.8 Å². The van der Waals surface area contributed by atoms with Gasteiger partial charge in [0.25, 0.3) is 0 Å². The minimum atomic E-state index is 0.179. The maximum absolute atomic E-state index is 6.19. The molecule has 1 saturated heterocycles. The lowest BCUT2D eigenvalue weighted by Crippen LogP contribution is -2.59. The van der Waals surface area contributed by atoms with Gasteiger partial charge in [-0.1, -0.05) is 19.8 Å². The first-order chi connectivity index (χ1) is 8.75. The van der Waals surface area contributed by atoms with Gasteiger partial charge in [-0.15, -0.1) is 0 Å². The minimum absolute atomic E-state index is 0.179. The summed E-state index contributed by atoms with van der Waals surface area (Å²) >= 11 is 0. The van der Waals surface area contributed by atoms with Crippen LogP contribution >= 0.6 is 0 Å². The molecule has 0 bridgehead atoms. The third kappa shape index (κ3) is 1.91. The number of ether oxygens (including phenoxy) is 1. The lowest BCUT2D eigenvalue weighted by Gasteiger charge is -2.47. The summed E-state index contributed by atoms with van der Waals surface area (Å²) in [5, 5.41) is 0. The summed E-state index contributed by atoms with van der Waals surface area (Å²) in [6.07, 6.45) is 8.94. The van der Waals surface area contributed by atoms with Gasteiger partial charge in [0.1, 0.15) is 0 Å². The van der Waals surface area contributed by atoms with Gasteiger partial charge >= 0.3 is 0 Å². The zero-order valence-corrected chi connectivity index (χ0v) is 11.4. The lowest BCUT2D eigenvalue weighted by atomic mass is 9.84. The van der Waals surface area contributed by atoms with Crippen LogP contribution in [0.25, 0.3) is 0 Å². The summed E-state index contributed by atoms with van der Waals surface area (Å²) in [6.45, 7) is 3.96. The molecule has 3 rings (SSSR count). The first-order valence-corrected chi connectivity index (χ1v) is 7.46. The standard InChI is InChI=1S/C14H25N3O/c1-2-12-9-14(7-8-18-12)10-16-13(15)17(14)11-5-3-4-6-11/h11-12H,2-10H2,1H3,(H2,15,16). The van der Waals surface area contributed by atoms with E-state index < -0.39 is 0 Å². The van der Waals surface area contributed by atoms with E-state index in [0.29, 0.717) is 12.1 Å². The molecule has 0 radical (unpaired) electrons. The van der Waals surface area contributed by atoms with Crippen LogP contribution in [-0.2, 0) is 4.74 Å². The average Bonchev–Trinajstić information content (AvgIpc) is 2.99. The first-order valence-electron chi connectivity index (χ1n) is 7.46. The van der Waals surface area contributed by atoms with Gasteiger partial charge < -0.3 is 15.4 Å². The highest BCUT2D eigenvalue weighted by molar-refractivity contribution is 5.81. The van der Waals surface area contributed by atoms with E-state index in [1.807, 2.05) is 0 Å². The van der Waals surface area contributed by atoms with Gasteiger partial charge in [-0.05, 0) is 32.1 Å². The second kappa shape index (κ2) is 4.72. The molecule has 102 valence electrons. The van der Waals surface area contributed by atoms with Gasteiger partial charge in [0.05, 0.1) is 18.2 Å². The van der Waals surface area contributed by atoms with E-state index in [1.165, 1.54) is 25.7 Å². The quantitative estimate of drug-likeness (QED) is 0.815. The Balaban J connectivity index is 1.81. The number of rotatable bonds is 2. The third-order valence-electron chi connectivity index (χ3n) is 4.97. The maximum Gasteiger partial charge on any atom is 0.192 e. The molecule has 2 aliphatic heterocycles. The molecule has 0 aromatic rings. The summed E-state index contributed by atoms with van der Waals surface area (Å²) in [7, 11) is 0. The Labute approximate surface area is 110 Å². The van der Waals surface area contributed by atoms with Crippen LogP contribution in [0.1, 0.15) is 51.9 Å². The van der Waals surface area contributed by atoms with E-state index in [0.717, 1.165) is 38.4 Å². The topological polar surface area (TPSA) is 50.9 Å². The van der Waals surface area contributed by atoms with Crippen LogP contribution in [0.2, 0.25) is 0 Å². The smallest absolute Gasteiger partial charge is 0.192 e. The summed E-state index contributed by atoms with van der Waals surface area (Å²) in [5.41, 5.74) is 6.36. The van der Waals surface area contributed by atoms with Crippen LogP contribution in [0.15, 0.2) is 4.99 Å². The number of aliphatic imine (C=N–C) groups is 1. The number of hydrogen-bond acceptors (Lipinski definition) is 4. The molecule has 2 unspecified atom stereocenters. The molecule has 0 aromatic heterocycles. The van der Waals surface area contributed by atoms with Gasteiger partial charge in [0.2, 0.25) is 0 Å². The van der Waals surface area contributed by atoms with Crippen molar-refractivity contribution >= 4 is 5.96 Å². The fourth-order valence-corrected chi connectivity index (χ4v) is 3.99. The molecule has 1 saturated carbocycles. The lowest BCUT2D eigenvalue weighted by molar-refractivity contribution is -0.0559. The summed E-state index contributed by atoms with van der Waals surface area (Å²) in [5.74, 6) is 0.790. The molecular formula is C14H25N3O. The monoisotopic (exact) mass is 251 g/mol. The number of guanidine groups is 1. The summed E-state index contributed by atoms with van der Waals surface area (Å²) in [4.78, 5) is 7.05. The van der Waals surface area contributed by atoms with Gasteiger partial charge in [-0.3, -0.25) is 4.99 Å². The van der Waals surface area contributed by atoms with E-state index in [4.69, 9.17) is 10.5 Å². The zero-order chi connectivity index (χ0) is 12.6. The Hall–Kier alpha value is -0.770. The molecule has 2 atom stereocenters. The van der Waals surface area contributed by atoms with Crippen molar-refractivity contribution in [2.75, 3.05) is 13.2 Å². The Morgan fingerprint density at radius 1 is 1.44 bits per heavy atom. The molecule has 2 heterocycles. The van der Waals surface area contributed by atoms with Crippen molar-refractivity contribution in [2.45, 2.75) is 69.6 Å². The van der Waals surface area contributed by atoms with Gasteiger partial charge in [-0.25, -0.2) is 0 Å². The fourth-order valence-electron chi connectivity index (χ4n) is 3.99. The Bertz CT molecular complexity index is 338. The highest BCUT2D eigenvalue weighted by atomic mass is 16.5. The molecule has 3 aliphatic rings. The van der Waals surface area contributed by atoms with E-state index in [9.17, 15) is 0 Å². The largest absolute Gasteiger partial charge is 0.378 e. The molecule has 1 aliphatic carbocycles. The molecule has 2 fully saturated rings. The fraction of sp³-hybridized carbons (Fsp3) is 0.929. The number of nitrogens with two attached hydrogens (primary N) is 1.